The van der Waals surface area contributed by atoms with E-state index in [2.05, 4.69) is 20.8 Å². The summed E-state index contributed by atoms with van der Waals surface area (Å²) in [6.07, 6.45) is 6.54. The summed E-state index contributed by atoms with van der Waals surface area (Å²) in [5, 5.41) is 26.0. The van der Waals surface area contributed by atoms with Crippen LogP contribution in [-0.2, 0) is 6.54 Å². The Morgan fingerprint density at radius 1 is 1.30 bits per heavy atom. The van der Waals surface area contributed by atoms with Gasteiger partial charge in [0.2, 0.25) is 0 Å². The van der Waals surface area contributed by atoms with Gasteiger partial charge in [-0.1, -0.05) is 25.3 Å². The van der Waals surface area contributed by atoms with Gasteiger partial charge in [0.1, 0.15) is 0 Å². The Morgan fingerprint density at radius 3 is 2.91 bits per heavy atom. The average Bonchev–Trinajstić information content (AvgIpc) is 3.04. The van der Waals surface area contributed by atoms with Crippen LogP contribution >= 0.6 is 0 Å². The number of nitro groups is 1. The molecule has 2 aromatic rings. The van der Waals surface area contributed by atoms with Crippen LogP contribution < -0.4 is 5.32 Å². The molecule has 0 amide bonds. The molecule has 1 aliphatic carbocycles. The van der Waals surface area contributed by atoms with Crippen molar-refractivity contribution in [2.75, 3.05) is 6.54 Å². The zero-order chi connectivity index (χ0) is 16.1. The van der Waals surface area contributed by atoms with E-state index >= 15 is 0 Å². The lowest BCUT2D eigenvalue weighted by atomic mass is 9.89. The highest BCUT2D eigenvalue weighted by Gasteiger charge is 2.15. The fraction of sp³-hybridized carbons (Fsp3) is 0.533. The summed E-state index contributed by atoms with van der Waals surface area (Å²) in [6.45, 7) is 1.51. The predicted molar refractivity (Wildman–Crippen MR) is 84.1 cm³/mol. The van der Waals surface area contributed by atoms with Crippen LogP contribution in [0.5, 0.6) is 0 Å². The molecule has 1 fully saturated rings. The number of non-ortho nitro benzene ring substituents is 1. The summed E-state index contributed by atoms with van der Waals surface area (Å²) in [6, 6.07) is 6.32. The molecule has 1 heterocycles. The lowest BCUT2D eigenvalue weighted by molar-refractivity contribution is -0.384. The molecular weight excluding hydrogens is 296 g/mol. The number of benzene rings is 1. The van der Waals surface area contributed by atoms with Crippen LogP contribution in [-0.4, -0.2) is 31.7 Å². The van der Waals surface area contributed by atoms with Crippen LogP contribution in [0.3, 0.4) is 0 Å². The zero-order valence-corrected chi connectivity index (χ0v) is 12.9. The molecule has 1 aliphatic rings. The second-order valence-corrected chi connectivity index (χ2v) is 5.92. The van der Waals surface area contributed by atoms with Crippen molar-refractivity contribution in [2.24, 2.45) is 5.92 Å². The van der Waals surface area contributed by atoms with Crippen molar-refractivity contribution in [3.8, 4) is 5.69 Å². The highest BCUT2D eigenvalue weighted by atomic mass is 16.6. The summed E-state index contributed by atoms with van der Waals surface area (Å²) >= 11 is 0. The lowest BCUT2D eigenvalue weighted by Gasteiger charge is -2.21. The Morgan fingerprint density at radius 2 is 2.13 bits per heavy atom. The van der Waals surface area contributed by atoms with E-state index < -0.39 is 4.92 Å². The van der Waals surface area contributed by atoms with Crippen molar-refractivity contribution in [3.05, 3.63) is 40.2 Å². The van der Waals surface area contributed by atoms with Crippen molar-refractivity contribution >= 4 is 5.69 Å². The first kappa shape index (κ1) is 15.5. The second kappa shape index (κ2) is 7.28. The van der Waals surface area contributed by atoms with Gasteiger partial charge in [0.05, 0.1) is 17.2 Å². The molecule has 1 aromatic carbocycles. The van der Waals surface area contributed by atoms with Gasteiger partial charge in [0, 0.05) is 12.1 Å². The second-order valence-electron chi connectivity index (χ2n) is 5.92. The summed E-state index contributed by atoms with van der Waals surface area (Å²) < 4.78 is 1.54. The van der Waals surface area contributed by atoms with E-state index in [0.717, 1.165) is 12.5 Å². The fourth-order valence-electron chi connectivity index (χ4n) is 3.03. The summed E-state index contributed by atoms with van der Waals surface area (Å²) in [4.78, 5) is 10.5. The molecule has 0 aliphatic heterocycles. The number of nitrogens with zero attached hydrogens (tertiary/aromatic N) is 5. The third kappa shape index (κ3) is 3.89. The Balaban J connectivity index is 1.65. The smallest absolute Gasteiger partial charge is 0.271 e. The molecule has 3 rings (SSSR count). The first-order valence-corrected chi connectivity index (χ1v) is 7.97. The van der Waals surface area contributed by atoms with Crippen molar-refractivity contribution in [3.63, 3.8) is 0 Å². The van der Waals surface area contributed by atoms with Gasteiger partial charge in [-0.05, 0) is 41.8 Å². The van der Waals surface area contributed by atoms with Gasteiger partial charge in [0.15, 0.2) is 5.82 Å². The predicted octanol–water partition coefficient (Wildman–Crippen LogP) is 2.24. The maximum absolute atomic E-state index is 10.9. The molecule has 0 spiro atoms. The number of rotatable bonds is 6. The van der Waals surface area contributed by atoms with Crippen LogP contribution in [0, 0.1) is 16.0 Å². The first-order chi connectivity index (χ1) is 11.2. The first-order valence-electron chi connectivity index (χ1n) is 7.97. The fourth-order valence-corrected chi connectivity index (χ4v) is 3.03. The van der Waals surface area contributed by atoms with Crippen molar-refractivity contribution in [2.45, 2.75) is 38.6 Å². The molecule has 8 nitrogen and oxygen atoms in total. The zero-order valence-electron chi connectivity index (χ0n) is 12.9. The molecule has 0 bridgehead atoms. The largest absolute Gasteiger partial charge is 0.310 e. The third-order valence-electron chi connectivity index (χ3n) is 4.26. The quantitative estimate of drug-likeness (QED) is 0.648. The van der Waals surface area contributed by atoms with E-state index in [4.69, 9.17) is 0 Å². The number of hydrogen-bond acceptors (Lipinski definition) is 6. The van der Waals surface area contributed by atoms with Gasteiger partial charge in [0.25, 0.3) is 5.69 Å². The molecule has 23 heavy (non-hydrogen) atoms. The summed E-state index contributed by atoms with van der Waals surface area (Å²) in [5.41, 5.74) is 0.623. The van der Waals surface area contributed by atoms with Crippen LogP contribution in [0.4, 0.5) is 5.69 Å². The minimum absolute atomic E-state index is 0.0270. The molecule has 1 saturated carbocycles. The number of nitro benzene ring substituents is 1. The molecular formula is C15H20N6O2. The standard InChI is InChI=1S/C15H20N6O2/c22-21(23)14-8-4-7-13(9-14)20-15(17-18-19-20)11-16-10-12-5-2-1-3-6-12/h4,7-9,12,16H,1-3,5-6,10-11H2. The molecule has 0 saturated heterocycles. The average molecular weight is 316 g/mol. The van der Waals surface area contributed by atoms with Crippen LogP contribution in [0.1, 0.15) is 37.9 Å². The van der Waals surface area contributed by atoms with Crippen molar-refractivity contribution < 1.29 is 4.92 Å². The number of tetrazole rings is 1. The number of nitrogens with one attached hydrogen (secondary N) is 1. The molecule has 0 unspecified atom stereocenters. The topological polar surface area (TPSA) is 98.8 Å². The minimum Gasteiger partial charge on any atom is -0.310 e. The van der Waals surface area contributed by atoms with Crippen LogP contribution in [0.2, 0.25) is 0 Å². The van der Waals surface area contributed by atoms with E-state index in [1.165, 1.54) is 44.2 Å². The Bertz CT molecular complexity index is 665. The van der Waals surface area contributed by atoms with Gasteiger partial charge < -0.3 is 5.32 Å². The van der Waals surface area contributed by atoms with E-state index in [0.29, 0.717) is 18.1 Å². The van der Waals surface area contributed by atoms with Gasteiger partial charge in [-0.15, -0.1) is 5.10 Å². The van der Waals surface area contributed by atoms with Gasteiger partial charge in [-0.2, -0.15) is 4.68 Å². The number of hydrogen-bond donors (Lipinski definition) is 1. The molecule has 0 atom stereocenters. The molecule has 1 N–H and O–H groups in total. The molecule has 1 aromatic heterocycles. The maximum atomic E-state index is 10.9. The normalized spacial score (nSPS) is 15.7. The van der Waals surface area contributed by atoms with Crippen LogP contribution in [0.15, 0.2) is 24.3 Å². The van der Waals surface area contributed by atoms with E-state index in [1.807, 2.05) is 0 Å². The van der Waals surface area contributed by atoms with Crippen LogP contribution in [0.25, 0.3) is 5.69 Å². The van der Waals surface area contributed by atoms with Crippen molar-refractivity contribution in [1.29, 1.82) is 0 Å². The van der Waals surface area contributed by atoms with E-state index in [-0.39, 0.29) is 5.69 Å². The highest BCUT2D eigenvalue weighted by molar-refractivity contribution is 5.42. The molecule has 0 radical (unpaired) electrons. The van der Waals surface area contributed by atoms with Crippen molar-refractivity contribution in [1.82, 2.24) is 25.5 Å². The third-order valence-corrected chi connectivity index (χ3v) is 4.26. The summed E-state index contributed by atoms with van der Waals surface area (Å²) in [7, 11) is 0. The van der Waals surface area contributed by atoms with Gasteiger partial charge in [-0.25, -0.2) is 0 Å². The lowest BCUT2D eigenvalue weighted by Crippen LogP contribution is -2.25. The van der Waals surface area contributed by atoms with E-state index in [1.54, 1.807) is 16.8 Å². The highest BCUT2D eigenvalue weighted by Crippen LogP contribution is 2.23. The van der Waals surface area contributed by atoms with Gasteiger partial charge in [-0.3, -0.25) is 10.1 Å². The molecule has 122 valence electrons. The maximum Gasteiger partial charge on any atom is 0.271 e. The minimum atomic E-state index is -0.422. The Hall–Kier alpha value is -2.35. The number of aromatic nitrogens is 4. The Kier molecular flexibility index (Phi) is 4.92. The van der Waals surface area contributed by atoms with Gasteiger partial charge >= 0.3 is 0 Å². The Labute approximate surface area is 134 Å². The van der Waals surface area contributed by atoms with E-state index in [9.17, 15) is 10.1 Å². The SMILES string of the molecule is O=[N+]([O-])c1cccc(-n2nnnc2CNCC2CCCCC2)c1. The summed E-state index contributed by atoms with van der Waals surface area (Å²) in [5.74, 6) is 1.38. The monoisotopic (exact) mass is 316 g/mol. The molecule has 8 heteroatoms.